The van der Waals surface area contributed by atoms with Crippen LogP contribution in [0.4, 0.5) is 8.78 Å². The highest BCUT2D eigenvalue weighted by Gasteiger charge is 2.20. The first-order chi connectivity index (χ1) is 6.97. The number of pyridine rings is 1. The predicted octanol–water partition coefficient (Wildman–Crippen LogP) is 3.03. The number of nitrogens with zero attached hydrogens (tertiary/aromatic N) is 2. The van der Waals surface area contributed by atoms with Gasteiger partial charge in [0.2, 0.25) is 0 Å². The van der Waals surface area contributed by atoms with Gasteiger partial charge in [-0.15, -0.1) is 0 Å². The number of hydrogen-bond acceptors (Lipinski definition) is 3. The van der Waals surface area contributed by atoms with Gasteiger partial charge in [-0.1, -0.05) is 15.9 Å². The number of carbonyl (C=O) groups is 1. The van der Waals surface area contributed by atoms with Gasteiger partial charge >= 0.3 is 0 Å². The van der Waals surface area contributed by atoms with E-state index in [1.165, 1.54) is 6.07 Å². The zero-order chi connectivity index (χ0) is 11.6. The van der Waals surface area contributed by atoms with E-state index in [1.54, 1.807) is 0 Å². The molecule has 1 heterocycles. The molecule has 0 amide bonds. The van der Waals surface area contributed by atoms with Crippen LogP contribution in [0.1, 0.15) is 28.2 Å². The summed E-state index contributed by atoms with van der Waals surface area (Å²) in [5, 5.41) is 7.67. The molecular weight excluding hydrogens is 293 g/mol. The Balaban J connectivity index is 3.46. The van der Waals surface area contributed by atoms with Gasteiger partial charge in [0, 0.05) is 4.47 Å². The van der Waals surface area contributed by atoms with Crippen LogP contribution in [0, 0.1) is 11.3 Å². The Morgan fingerprint density at radius 3 is 2.67 bits per heavy atom. The number of rotatable bonds is 2. The van der Waals surface area contributed by atoms with Crippen molar-refractivity contribution in [3.05, 3.63) is 27.5 Å². The van der Waals surface area contributed by atoms with Crippen molar-refractivity contribution in [3.8, 4) is 6.07 Å². The molecule has 0 N–H and O–H groups in total. The van der Waals surface area contributed by atoms with Crippen LogP contribution in [0.2, 0.25) is 0 Å². The highest BCUT2D eigenvalue weighted by molar-refractivity contribution is 9.10. The van der Waals surface area contributed by atoms with E-state index < -0.39 is 22.9 Å². The van der Waals surface area contributed by atoms with Gasteiger partial charge in [0.05, 0.1) is 5.56 Å². The van der Waals surface area contributed by atoms with Crippen molar-refractivity contribution < 1.29 is 13.6 Å². The first-order valence-electron chi connectivity index (χ1n) is 3.56. The molecule has 0 spiro atoms. The van der Waals surface area contributed by atoms with Crippen LogP contribution in [0.15, 0.2) is 10.5 Å². The molecule has 0 unspecified atom stereocenters. The molecule has 1 rings (SSSR count). The zero-order valence-electron chi connectivity index (χ0n) is 6.97. The normalized spacial score (nSPS) is 10.1. The molecular formula is C8H2BrClF2N2O. The Bertz CT molecular complexity index is 459. The lowest BCUT2D eigenvalue weighted by atomic mass is 10.2. The predicted molar refractivity (Wildman–Crippen MR) is 51.8 cm³/mol. The lowest BCUT2D eigenvalue weighted by Crippen LogP contribution is -2.02. The first-order valence-corrected chi connectivity index (χ1v) is 4.73. The van der Waals surface area contributed by atoms with E-state index in [0.29, 0.717) is 0 Å². The summed E-state index contributed by atoms with van der Waals surface area (Å²) in [7, 11) is 0. The summed E-state index contributed by atoms with van der Waals surface area (Å²) >= 11 is 7.94. The fraction of sp³-hybridized carbons (Fsp3) is 0.125. The van der Waals surface area contributed by atoms with Crippen LogP contribution in [0.3, 0.4) is 0 Å². The number of halogens is 4. The van der Waals surface area contributed by atoms with Crippen molar-refractivity contribution in [2.45, 2.75) is 6.43 Å². The van der Waals surface area contributed by atoms with Crippen molar-refractivity contribution >= 4 is 32.8 Å². The number of carbonyl (C=O) groups excluding carboxylic acids is 1. The molecule has 15 heavy (non-hydrogen) atoms. The quantitative estimate of drug-likeness (QED) is 0.788. The molecule has 78 valence electrons. The minimum absolute atomic E-state index is 0.0620. The third-order valence-electron chi connectivity index (χ3n) is 1.53. The van der Waals surface area contributed by atoms with E-state index in [0.717, 1.165) is 6.07 Å². The first kappa shape index (κ1) is 12.0. The SMILES string of the molecule is N#Cc1nc(C(=O)Cl)cc(Br)c1C(F)F. The third kappa shape index (κ3) is 2.49. The molecule has 0 aliphatic heterocycles. The van der Waals surface area contributed by atoms with E-state index in [4.69, 9.17) is 16.9 Å². The molecule has 3 nitrogen and oxygen atoms in total. The molecule has 0 saturated heterocycles. The number of hydrogen-bond donors (Lipinski definition) is 0. The molecule has 0 bridgehead atoms. The second-order valence-corrected chi connectivity index (χ2v) is 3.64. The smallest absolute Gasteiger partial charge is 0.270 e. The van der Waals surface area contributed by atoms with E-state index in [1.807, 2.05) is 0 Å². The van der Waals surface area contributed by atoms with Gasteiger partial charge in [0.1, 0.15) is 11.8 Å². The Morgan fingerprint density at radius 1 is 1.67 bits per heavy atom. The zero-order valence-corrected chi connectivity index (χ0v) is 9.31. The Hall–Kier alpha value is -1.06. The van der Waals surface area contributed by atoms with Gasteiger partial charge in [-0.3, -0.25) is 4.79 Å². The second kappa shape index (κ2) is 4.64. The second-order valence-electron chi connectivity index (χ2n) is 2.44. The molecule has 0 aromatic carbocycles. The van der Waals surface area contributed by atoms with Gasteiger partial charge in [-0.05, 0) is 17.7 Å². The summed E-state index contributed by atoms with van der Waals surface area (Å²) in [5.41, 5.74) is -1.30. The molecule has 0 atom stereocenters. The fourth-order valence-electron chi connectivity index (χ4n) is 0.917. The van der Waals surface area contributed by atoms with E-state index in [9.17, 15) is 13.6 Å². The van der Waals surface area contributed by atoms with Gasteiger partial charge < -0.3 is 0 Å². The summed E-state index contributed by atoms with van der Waals surface area (Å²) < 4.78 is 24.9. The summed E-state index contributed by atoms with van der Waals surface area (Å²) in [6.45, 7) is 0. The maximum absolute atomic E-state index is 12.5. The van der Waals surface area contributed by atoms with Crippen LogP contribution in [0.25, 0.3) is 0 Å². The van der Waals surface area contributed by atoms with Gasteiger partial charge in [0.25, 0.3) is 11.7 Å². The van der Waals surface area contributed by atoms with E-state index in [2.05, 4.69) is 20.9 Å². The highest BCUT2D eigenvalue weighted by atomic mass is 79.9. The van der Waals surface area contributed by atoms with E-state index >= 15 is 0 Å². The van der Waals surface area contributed by atoms with Gasteiger partial charge in [-0.2, -0.15) is 5.26 Å². The summed E-state index contributed by atoms with van der Waals surface area (Å²) in [6.07, 6.45) is -2.85. The summed E-state index contributed by atoms with van der Waals surface area (Å²) in [6, 6.07) is 2.53. The average molecular weight is 295 g/mol. The highest BCUT2D eigenvalue weighted by Crippen LogP contribution is 2.30. The van der Waals surface area contributed by atoms with Crippen molar-refractivity contribution in [1.82, 2.24) is 4.98 Å². The summed E-state index contributed by atoms with van der Waals surface area (Å²) in [4.78, 5) is 14.2. The standard InChI is InChI=1S/C8H2BrClF2N2O/c9-3-1-4(7(10)15)14-5(2-13)6(3)8(11)12/h1,8H. The Labute approximate surface area is 96.8 Å². The van der Waals surface area contributed by atoms with Crippen LogP contribution < -0.4 is 0 Å². The lowest BCUT2D eigenvalue weighted by Gasteiger charge is -2.05. The van der Waals surface area contributed by atoms with E-state index in [-0.39, 0.29) is 10.2 Å². The Kier molecular flexibility index (Phi) is 3.72. The number of nitriles is 1. The number of aromatic nitrogens is 1. The molecule has 0 aliphatic rings. The average Bonchev–Trinajstić information content (AvgIpc) is 2.15. The number of alkyl halides is 2. The monoisotopic (exact) mass is 294 g/mol. The molecule has 0 fully saturated rings. The minimum Gasteiger partial charge on any atom is -0.274 e. The topological polar surface area (TPSA) is 53.8 Å². The largest absolute Gasteiger partial charge is 0.274 e. The van der Waals surface area contributed by atoms with Crippen molar-refractivity contribution in [1.29, 1.82) is 5.26 Å². The molecule has 0 saturated carbocycles. The molecule has 0 aliphatic carbocycles. The molecule has 1 aromatic heterocycles. The molecule has 1 aromatic rings. The van der Waals surface area contributed by atoms with Crippen molar-refractivity contribution in [2.75, 3.05) is 0 Å². The summed E-state index contributed by atoms with van der Waals surface area (Å²) in [5.74, 6) is 0. The van der Waals surface area contributed by atoms with Crippen molar-refractivity contribution in [3.63, 3.8) is 0 Å². The minimum atomic E-state index is -2.85. The lowest BCUT2D eigenvalue weighted by molar-refractivity contribution is 0.107. The fourth-order valence-corrected chi connectivity index (χ4v) is 1.59. The van der Waals surface area contributed by atoms with Crippen LogP contribution in [-0.4, -0.2) is 10.2 Å². The van der Waals surface area contributed by atoms with Gasteiger partial charge in [-0.25, -0.2) is 13.8 Å². The van der Waals surface area contributed by atoms with Crippen LogP contribution >= 0.6 is 27.5 Å². The Morgan fingerprint density at radius 2 is 2.27 bits per heavy atom. The molecule has 0 radical (unpaired) electrons. The molecule has 7 heteroatoms. The third-order valence-corrected chi connectivity index (χ3v) is 2.38. The maximum atomic E-state index is 12.5. The van der Waals surface area contributed by atoms with Crippen LogP contribution in [-0.2, 0) is 0 Å². The maximum Gasteiger partial charge on any atom is 0.270 e. The van der Waals surface area contributed by atoms with Gasteiger partial charge in [0.15, 0.2) is 5.69 Å². The van der Waals surface area contributed by atoms with Crippen molar-refractivity contribution in [2.24, 2.45) is 0 Å². The van der Waals surface area contributed by atoms with Crippen LogP contribution in [0.5, 0.6) is 0 Å².